The highest BCUT2D eigenvalue weighted by atomic mass is 35.5. The summed E-state index contributed by atoms with van der Waals surface area (Å²) in [5, 5.41) is 5.10. The fourth-order valence-electron chi connectivity index (χ4n) is 1.78. The Morgan fingerprint density at radius 2 is 2.20 bits per heavy atom. The van der Waals surface area contributed by atoms with E-state index in [0.717, 1.165) is 17.9 Å². The lowest BCUT2D eigenvalue weighted by Crippen LogP contribution is -2.46. The average molecular weight is 325 g/mol. The van der Waals surface area contributed by atoms with Crippen molar-refractivity contribution in [3.63, 3.8) is 0 Å². The molecule has 20 heavy (non-hydrogen) atoms. The lowest BCUT2D eigenvalue weighted by Gasteiger charge is -2.22. The molecular weight excluding hydrogens is 313 g/mol. The van der Waals surface area contributed by atoms with Crippen molar-refractivity contribution in [3.8, 4) is 0 Å². The van der Waals surface area contributed by atoms with Crippen LogP contribution in [-0.4, -0.2) is 30.0 Å². The number of rotatable bonds is 2. The Kier molecular flexibility index (Phi) is 4.82. The molecule has 110 valence electrons. The smallest absolute Gasteiger partial charge is 0.325 e. The van der Waals surface area contributed by atoms with E-state index in [1.54, 1.807) is 11.8 Å². The number of hydrogen-bond donors (Lipinski definition) is 2. The molecule has 8 heteroatoms. The summed E-state index contributed by atoms with van der Waals surface area (Å²) in [6, 6.07) is 2.93. The summed E-state index contributed by atoms with van der Waals surface area (Å²) < 4.78 is 38.1. The van der Waals surface area contributed by atoms with Gasteiger partial charge in [-0.05, 0) is 18.2 Å². The monoisotopic (exact) mass is 324 g/mol. The predicted octanol–water partition coefficient (Wildman–Crippen LogP) is 3.00. The van der Waals surface area contributed by atoms with Crippen molar-refractivity contribution >= 4 is 35.0 Å². The molecule has 1 aromatic rings. The quantitative estimate of drug-likeness (QED) is 0.878. The van der Waals surface area contributed by atoms with Gasteiger partial charge < -0.3 is 10.6 Å². The molecule has 0 saturated carbocycles. The van der Waals surface area contributed by atoms with Crippen LogP contribution in [0.25, 0.3) is 0 Å². The van der Waals surface area contributed by atoms with Gasteiger partial charge in [-0.2, -0.15) is 24.9 Å². The van der Waals surface area contributed by atoms with Gasteiger partial charge in [-0.3, -0.25) is 4.79 Å². The van der Waals surface area contributed by atoms with Gasteiger partial charge in [0.15, 0.2) is 0 Å². The van der Waals surface area contributed by atoms with Gasteiger partial charge in [-0.25, -0.2) is 0 Å². The molecule has 0 bridgehead atoms. The summed E-state index contributed by atoms with van der Waals surface area (Å²) in [4.78, 5) is 11.9. The number of halogens is 4. The summed E-state index contributed by atoms with van der Waals surface area (Å²) in [6.45, 7) is 0.706. The van der Waals surface area contributed by atoms with E-state index in [1.165, 1.54) is 6.07 Å². The number of carbonyl (C=O) groups excluding carboxylic acids is 1. The van der Waals surface area contributed by atoms with Crippen LogP contribution in [-0.2, 0) is 11.0 Å². The van der Waals surface area contributed by atoms with Crippen LogP contribution in [0.4, 0.5) is 18.9 Å². The standard InChI is InChI=1S/C12H12ClF3N2OS/c13-9-2-1-7(5-8(9)12(14,15)16)18-11(19)10-6-20-4-3-17-10/h1-2,5,10,17H,3-4,6H2,(H,18,19). The number of hydrogen-bond acceptors (Lipinski definition) is 3. The normalized spacial score (nSPS) is 19.7. The lowest BCUT2D eigenvalue weighted by atomic mass is 10.2. The second kappa shape index (κ2) is 6.24. The van der Waals surface area contributed by atoms with Crippen molar-refractivity contribution in [2.24, 2.45) is 0 Å². The number of alkyl halides is 3. The topological polar surface area (TPSA) is 41.1 Å². The van der Waals surface area contributed by atoms with Gasteiger partial charge in [-0.15, -0.1) is 0 Å². The summed E-state index contributed by atoms with van der Waals surface area (Å²) in [5.74, 6) is 1.18. The molecule has 2 N–H and O–H groups in total. The first kappa shape index (κ1) is 15.5. The number of thioether (sulfide) groups is 1. The molecule has 0 aliphatic carbocycles. The Morgan fingerprint density at radius 3 is 2.80 bits per heavy atom. The third-order valence-electron chi connectivity index (χ3n) is 2.78. The largest absolute Gasteiger partial charge is 0.417 e. The van der Waals surface area contributed by atoms with Crippen LogP contribution in [0.3, 0.4) is 0 Å². The zero-order valence-corrected chi connectivity index (χ0v) is 11.8. The maximum absolute atomic E-state index is 12.7. The number of amides is 1. The molecular formula is C12H12ClF3N2OS. The fourth-order valence-corrected chi connectivity index (χ4v) is 2.94. The van der Waals surface area contributed by atoms with Gasteiger partial charge in [0.2, 0.25) is 5.91 Å². The van der Waals surface area contributed by atoms with E-state index in [-0.39, 0.29) is 16.6 Å². The first-order chi connectivity index (χ1) is 9.38. The molecule has 1 aliphatic heterocycles. The Hall–Kier alpha value is -0.920. The van der Waals surface area contributed by atoms with E-state index >= 15 is 0 Å². The minimum atomic E-state index is -4.54. The molecule has 2 rings (SSSR count). The Balaban J connectivity index is 2.11. The zero-order chi connectivity index (χ0) is 14.8. The van der Waals surface area contributed by atoms with E-state index in [4.69, 9.17) is 11.6 Å². The van der Waals surface area contributed by atoms with Crippen molar-refractivity contribution in [2.45, 2.75) is 12.2 Å². The molecule has 1 aliphatic rings. The van der Waals surface area contributed by atoms with E-state index in [1.807, 2.05) is 0 Å². The van der Waals surface area contributed by atoms with Crippen LogP contribution < -0.4 is 10.6 Å². The first-order valence-corrected chi connectivity index (χ1v) is 7.40. The maximum Gasteiger partial charge on any atom is 0.417 e. The minimum absolute atomic E-state index is 0.0871. The SMILES string of the molecule is O=C(Nc1ccc(Cl)c(C(F)(F)F)c1)C1CSCCN1. The van der Waals surface area contributed by atoms with Gasteiger partial charge in [-0.1, -0.05) is 11.6 Å². The molecule has 1 saturated heterocycles. The number of carbonyl (C=O) groups is 1. The average Bonchev–Trinajstić information content (AvgIpc) is 2.40. The van der Waals surface area contributed by atoms with Gasteiger partial charge >= 0.3 is 6.18 Å². The second-order valence-electron chi connectivity index (χ2n) is 4.26. The van der Waals surface area contributed by atoms with Gasteiger partial charge in [0, 0.05) is 23.7 Å². The Morgan fingerprint density at radius 1 is 1.45 bits per heavy atom. The minimum Gasteiger partial charge on any atom is -0.325 e. The summed E-state index contributed by atoms with van der Waals surface area (Å²) >= 11 is 7.15. The molecule has 0 spiro atoms. The maximum atomic E-state index is 12.7. The number of anilines is 1. The molecule has 3 nitrogen and oxygen atoms in total. The van der Waals surface area contributed by atoms with Gasteiger partial charge in [0.25, 0.3) is 0 Å². The molecule has 1 amide bonds. The second-order valence-corrected chi connectivity index (χ2v) is 5.82. The molecule has 1 heterocycles. The van der Waals surface area contributed by atoms with Crippen LogP contribution in [0.1, 0.15) is 5.56 Å². The molecule has 0 radical (unpaired) electrons. The molecule has 1 fully saturated rings. The summed E-state index contributed by atoms with van der Waals surface area (Å²) in [6.07, 6.45) is -4.54. The molecule has 1 unspecified atom stereocenters. The third kappa shape index (κ3) is 3.80. The first-order valence-electron chi connectivity index (χ1n) is 5.86. The van der Waals surface area contributed by atoms with Gasteiger partial charge in [0.05, 0.1) is 16.6 Å². The van der Waals surface area contributed by atoms with Crippen molar-refractivity contribution in [2.75, 3.05) is 23.4 Å². The van der Waals surface area contributed by atoms with Crippen LogP contribution in [0.5, 0.6) is 0 Å². The van der Waals surface area contributed by atoms with E-state index < -0.39 is 17.8 Å². The fraction of sp³-hybridized carbons (Fsp3) is 0.417. The Bertz CT molecular complexity index is 504. The van der Waals surface area contributed by atoms with Crippen molar-refractivity contribution < 1.29 is 18.0 Å². The van der Waals surface area contributed by atoms with Crippen LogP contribution in [0, 0.1) is 0 Å². The van der Waals surface area contributed by atoms with E-state index in [2.05, 4.69) is 10.6 Å². The summed E-state index contributed by atoms with van der Waals surface area (Å²) in [5.41, 5.74) is -0.868. The van der Waals surface area contributed by atoms with Crippen molar-refractivity contribution in [3.05, 3.63) is 28.8 Å². The predicted molar refractivity (Wildman–Crippen MR) is 74.2 cm³/mol. The Labute approximate surface area is 123 Å². The third-order valence-corrected chi connectivity index (χ3v) is 4.17. The van der Waals surface area contributed by atoms with E-state index in [9.17, 15) is 18.0 Å². The van der Waals surface area contributed by atoms with Gasteiger partial charge in [0.1, 0.15) is 0 Å². The highest BCUT2D eigenvalue weighted by Gasteiger charge is 2.33. The van der Waals surface area contributed by atoms with Crippen molar-refractivity contribution in [1.82, 2.24) is 5.32 Å². The summed E-state index contributed by atoms with van der Waals surface area (Å²) in [7, 11) is 0. The van der Waals surface area contributed by atoms with Crippen LogP contribution in [0.2, 0.25) is 5.02 Å². The van der Waals surface area contributed by atoms with Crippen LogP contribution in [0.15, 0.2) is 18.2 Å². The highest BCUT2D eigenvalue weighted by molar-refractivity contribution is 7.99. The molecule has 0 aromatic heterocycles. The lowest BCUT2D eigenvalue weighted by molar-refractivity contribution is -0.137. The zero-order valence-electron chi connectivity index (χ0n) is 10.3. The van der Waals surface area contributed by atoms with E-state index in [0.29, 0.717) is 12.3 Å². The number of benzene rings is 1. The van der Waals surface area contributed by atoms with Crippen LogP contribution >= 0.6 is 23.4 Å². The molecule has 1 aromatic carbocycles. The highest BCUT2D eigenvalue weighted by Crippen LogP contribution is 2.36. The number of nitrogens with one attached hydrogen (secondary N) is 2. The molecule has 1 atom stereocenters. The van der Waals surface area contributed by atoms with Crippen molar-refractivity contribution in [1.29, 1.82) is 0 Å².